The van der Waals surface area contributed by atoms with Crippen molar-refractivity contribution < 1.29 is 28.6 Å². The SMILES string of the molecule is C=Cc1cc(C)cnc1Nc1c(C(=O)NOCC(O)CO)ccc(F)c1F. The van der Waals surface area contributed by atoms with Gasteiger partial charge in [-0.2, -0.15) is 0 Å². The van der Waals surface area contributed by atoms with E-state index in [0.29, 0.717) is 5.56 Å². The summed E-state index contributed by atoms with van der Waals surface area (Å²) in [6.45, 7) is 4.52. The number of rotatable bonds is 8. The number of halogens is 2. The van der Waals surface area contributed by atoms with Crippen LogP contribution in [0, 0.1) is 18.6 Å². The molecule has 0 aliphatic rings. The van der Waals surface area contributed by atoms with Crippen LogP contribution < -0.4 is 10.8 Å². The van der Waals surface area contributed by atoms with Gasteiger partial charge in [0.05, 0.1) is 17.9 Å². The Balaban J connectivity index is 2.31. The maximum Gasteiger partial charge on any atom is 0.277 e. The molecule has 27 heavy (non-hydrogen) atoms. The minimum absolute atomic E-state index is 0.186. The molecule has 1 atom stereocenters. The Labute approximate surface area is 154 Å². The average molecular weight is 379 g/mol. The van der Waals surface area contributed by atoms with Crippen LogP contribution in [0.15, 0.2) is 31.0 Å². The van der Waals surface area contributed by atoms with Gasteiger partial charge in [0.2, 0.25) is 0 Å². The number of nitrogens with zero attached hydrogens (tertiary/aromatic N) is 1. The quantitative estimate of drug-likeness (QED) is 0.524. The van der Waals surface area contributed by atoms with Crippen LogP contribution >= 0.6 is 0 Å². The summed E-state index contributed by atoms with van der Waals surface area (Å²) in [5, 5.41) is 20.5. The molecule has 1 aromatic heterocycles. The first-order valence-corrected chi connectivity index (χ1v) is 7.92. The Morgan fingerprint density at radius 3 is 2.85 bits per heavy atom. The van der Waals surface area contributed by atoms with E-state index in [1.165, 1.54) is 12.3 Å². The number of carbonyl (C=O) groups is 1. The van der Waals surface area contributed by atoms with Gasteiger partial charge in [-0.1, -0.05) is 12.7 Å². The molecule has 7 nitrogen and oxygen atoms in total. The zero-order valence-electron chi connectivity index (χ0n) is 14.5. The molecule has 1 unspecified atom stereocenters. The molecule has 0 saturated heterocycles. The lowest BCUT2D eigenvalue weighted by Crippen LogP contribution is -2.30. The molecule has 0 fully saturated rings. The molecular formula is C18H19F2N3O4. The molecule has 4 N–H and O–H groups in total. The molecule has 1 amide bonds. The number of pyridine rings is 1. The second-order valence-electron chi connectivity index (χ2n) is 5.64. The largest absolute Gasteiger partial charge is 0.394 e. The second-order valence-corrected chi connectivity index (χ2v) is 5.64. The van der Waals surface area contributed by atoms with E-state index in [9.17, 15) is 18.7 Å². The van der Waals surface area contributed by atoms with Crippen molar-refractivity contribution in [2.24, 2.45) is 0 Å². The van der Waals surface area contributed by atoms with Gasteiger partial charge in [-0.25, -0.2) is 19.2 Å². The number of amides is 1. The standard InChI is InChI=1S/C18H19F2N3O4/c1-3-11-6-10(2)7-21-17(11)22-16-13(4-5-14(19)15(16)20)18(26)23-27-9-12(25)8-24/h3-7,12,24-25H,1,8-9H2,2H3,(H,21,22)(H,23,26). The van der Waals surface area contributed by atoms with Crippen molar-refractivity contribution in [1.82, 2.24) is 10.5 Å². The first-order valence-electron chi connectivity index (χ1n) is 7.92. The van der Waals surface area contributed by atoms with Crippen molar-refractivity contribution in [1.29, 1.82) is 0 Å². The lowest BCUT2D eigenvalue weighted by molar-refractivity contribution is -0.0295. The minimum Gasteiger partial charge on any atom is -0.394 e. The molecule has 2 rings (SSSR count). The van der Waals surface area contributed by atoms with Crippen molar-refractivity contribution in [3.63, 3.8) is 0 Å². The van der Waals surface area contributed by atoms with Gasteiger partial charge in [-0.05, 0) is 30.7 Å². The molecule has 1 aromatic carbocycles. The van der Waals surface area contributed by atoms with Crippen LogP contribution in [0.5, 0.6) is 0 Å². The maximum atomic E-state index is 14.3. The Hall–Kier alpha value is -2.88. The summed E-state index contributed by atoms with van der Waals surface area (Å²) in [7, 11) is 0. The summed E-state index contributed by atoms with van der Waals surface area (Å²) in [6, 6.07) is 3.61. The number of hydroxylamine groups is 1. The molecule has 0 saturated carbocycles. The van der Waals surface area contributed by atoms with Crippen molar-refractivity contribution >= 4 is 23.5 Å². The lowest BCUT2D eigenvalue weighted by atomic mass is 10.1. The van der Waals surface area contributed by atoms with E-state index in [0.717, 1.165) is 17.7 Å². The van der Waals surface area contributed by atoms with Crippen LogP contribution in [0.3, 0.4) is 0 Å². The first-order chi connectivity index (χ1) is 12.9. The highest BCUT2D eigenvalue weighted by Crippen LogP contribution is 2.28. The molecule has 0 radical (unpaired) electrons. The molecule has 144 valence electrons. The van der Waals surface area contributed by atoms with Crippen molar-refractivity contribution in [2.45, 2.75) is 13.0 Å². The summed E-state index contributed by atoms with van der Waals surface area (Å²) in [4.78, 5) is 21.1. The van der Waals surface area contributed by atoms with Crippen molar-refractivity contribution in [3.05, 3.63) is 59.3 Å². The Morgan fingerprint density at radius 1 is 1.44 bits per heavy atom. The fourth-order valence-electron chi connectivity index (χ4n) is 2.14. The third-order valence-electron chi connectivity index (χ3n) is 3.51. The van der Waals surface area contributed by atoms with Gasteiger partial charge >= 0.3 is 0 Å². The molecule has 0 spiro atoms. The summed E-state index contributed by atoms with van der Waals surface area (Å²) >= 11 is 0. The molecule has 0 bridgehead atoms. The predicted molar refractivity (Wildman–Crippen MR) is 95.2 cm³/mol. The zero-order valence-corrected chi connectivity index (χ0v) is 14.5. The highest BCUT2D eigenvalue weighted by atomic mass is 19.2. The number of nitrogens with one attached hydrogen (secondary N) is 2. The molecular weight excluding hydrogens is 360 g/mol. The summed E-state index contributed by atoms with van der Waals surface area (Å²) in [5.41, 5.74) is 2.69. The van der Waals surface area contributed by atoms with Gasteiger partial charge in [0.1, 0.15) is 18.5 Å². The van der Waals surface area contributed by atoms with E-state index in [1.54, 1.807) is 6.07 Å². The number of aryl methyl sites for hydroxylation is 1. The van der Waals surface area contributed by atoms with Crippen molar-refractivity contribution in [3.8, 4) is 0 Å². The highest BCUT2D eigenvalue weighted by Gasteiger charge is 2.20. The van der Waals surface area contributed by atoms with Crippen LogP contribution in [-0.2, 0) is 4.84 Å². The Bertz CT molecular complexity index is 846. The normalized spacial score (nSPS) is 11.7. The number of aliphatic hydroxyl groups excluding tert-OH is 2. The molecule has 1 heterocycles. The van der Waals surface area contributed by atoms with E-state index in [2.05, 4.69) is 16.9 Å². The molecule has 9 heteroatoms. The predicted octanol–water partition coefficient (Wildman–Crippen LogP) is 2.07. The van der Waals surface area contributed by atoms with Crippen LogP contribution in [0.4, 0.5) is 20.3 Å². The second kappa shape index (κ2) is 9.17. The number of benzene rings is 1. The van der Waals surface area contributed by atoms with Gasteiger partial charge in [0, 0.05) is 11.8 Å². The number of hydrogen-bond donors (Lipinski definition) is 4. The summed E-state index contributed by atoms with van der Waals surface area (Å²) in [5.74, 6) is -3.12. The third-order valence-corrected chi connectivity index (χ3v) is 3.51. The number of anilines is 2. The van der Waals surface area contributed by atoms with Gasteiger partial charge in [-0.15, -0.1) is 0 Å². The average Bonchev–Trinajstić information content (AvgIpc) is 2.66. The van der Waals surface area contributed by atoms with Crippen LogP contribution in [0.2, 0.25) is 0 Å². The molecule has 0 aliphatic carbocycles. The summed E-state index contributed by atoms with van der Waals surface area (Å²) in [6.07, 6.45) is 1.81. The Kier molecular flexibility index (Phi) is 6.94. The number of carbonyl (C=O) groups excluding carboxylic acids is 1. The van der Waals surface area contributed by atoms with Crippen LogP contribution in [-0.4, -0.2) is 40.4 Å². The molecule has 2 aromatic rings. The van der Waals surface area contributed by atoms with Crippen LogP contribution in [0.1, 0.15) is 21.5 Å². The van der Waals surface area contributed by atoms with Gasteiger partial charge in [0.25, 0.3) is 5.91 Å². The van der Waals surface area contributed by atoms with E-state index in [-0.39, 0.29) is 18.0 Å². The van der Waals surface area contributed by atoms with Crippen LogP contribution in [0.25, 0.3) is 6.08 Å². The Morgan fingerprint density at radius 2 is 2.19 bits per heavy atom. The number of aromatic nitrogens is 1. The van der Waals surface area contributed by atoms with Gasteiger partial charge in [0.15, 0.2) is 11.6 Å². The van der Waals surface area contributed by atoms with E-state index < -0.39 is 35.9 Å². The van der Waals surface area contributed by atoms with Gasteiger partial charge in [-0.3, -0.25) is 9.63 Å². The fourth-order valence-corrected chi connectivity index (χ4v) is 2.14. The van der Waals surface area contributed by atoms with Gasteiger partial charge < -0.3 is 15.5 Å². The first kappa shape index (κ1) is 20.4. The van der Waals surface area contributed by atoms with E-state index in [4.69, 9.17) is 9.94 Å². The van der Waals surface area contributed by atoms with E-state index >= 15 is 0 Å². The smallest absolute Gasteiger partial charge is 0.277 e. The minimum atomic E-state index is -1.27. The summed E-state index contributed by atoms with van der Waals surface area (Å²) < 4.78 is 28.0. The fraction of sp³-hybridized carbons (Fsp3) is 0.222. The number of hydrogen-bond acceptors (Lipinski definition) is 6. The van der Waals surface area contributed by atoms with Crippen molar-refractivity contribution in [2.75, 3.05) is 18.5 Å². The monoisotopic (exact) mass is 379 g/mol. The highest BCUT2D eigenvalue weighted by molar-refractivity contribution is 6.00. The maximum absolute atomic E-state index is 14.3. The zero-order chi connectivity index (χ0) is 20.0. The lowest BCUT2D eigenvalue weighted by Gasteiger charge is -2.15. The topological polar surface area (TPSA) is 104 Å². The number of aliphatic hydroxyl groups is 2. The third kappa shape index (κ3) is 5.07. The molecule has 0 aliphatic heterocycles. The van der Waals surface area contributed by atoms with E-state index in [1.807, 2.05) is 12.4 Å².